The van der Waals surface area contributed by atoms with Crippen molar-refractivity contribution < 1.29 is 23.7 Å². The molecule has 1 atom stereocenters. The Labute approximate surface area is 186 Å². The predicted octanol–water partition coefficient (Wildman–Crippen LogP) is 3.12. The summed E-state index contributed by atoms with van der Waals surface area (Å²) in [5.74, 6) is 1.80. The number of carbonyl (C=O) groups is 1. The Hall–Kier alpha value is -1.83. The standard InChI is InChI=1S/C24H38N2O5/c1-24(2)16-18(9-13-30-24)17-26-11-7-19(8-12-26)31-22-15-20(29-4)5-6-21(22)23(27)25-10-14-28-3/h5-6,15,18-19H,7-14,16-17H2,1-4H3,(H,25,27). The van der Waals surface area contributed by atoms with Gasteiger partial charge < -0.3 is 29.2 Å². The van der Waals surface area contributed by atoms with Crippen molar-refractivity contribution in [2.45, 2.75) is 51.2 Å². The molecular weight excluding hydrogens is 396 g/mol. The van der Waals surface area contributed by atoms with Gasteiger partial charge in [0.05, 0.1) is 24.9 Å². The van der Waals surface area contributed by atoms with E-state index in [2.05, 4.69) is 24.1 Å². The molecular formula is C24H38N2O5. The Morgan fingerprint density at radius 3 is 2.68 bits per heavy atom. The van der Waals surface area contributed by atoms with Gasteiger partial charge in [0, 0.05) is 46.0 Å². The zero-order valence-corrected chi connectivity index (χ0v) is 19.4. The number of methoxy groups -OCH3 is 2. The highest BCUT2D eigenvalue weighted by Crippen LogP contribution is 2.31. The predicted molar refractivity (Wildman–Crippen MR) is 120 cm³/mol. The molecule has 0 bridgehead atoms. The van der Waals surface area contributed by atoms with Gasteiger partial charge in [-0.15, -0.1) is 0 Å². The molecule has 0 spiro atoms. The van der Waals surface area contributed by atoms with E-state index in [0.29, 0.717) is 36.1 Å². The Bertz CT molecular complexity index is 716. The van der Waals surface area contributed by atoms with Crippen molar-refractivity contribution >= 4 is 5.91 Å². The van der Waals surface area contributed by atoms with Crippen molar-refractivity contribution in [3.05, 3.63) is 23.8 Å². The zero-order valence-electron chi connectivity index (χ0n) is 19.4. The van der Waals surface area contributed by atoms with Crippen molar-refractivity contribution in [2.75, 3.05) is 53.6 Å². The minimum Gasteiger partial charge on any atom is -0.497 e. The summed E-state index contributed by atoms with van der Waals surface area (Å²) in [6.45, 7) is 9.34. The zero-order chi connectivity index (χ0) is 22.3. The van der Waals surface area contributed by atoms with Crippen LogP contribution in [0.2, 0.25) is 0 Å². The number of carbonyl (C=O) groups excluding carboxylic acids is 1. The van der Waals surface area contributed by atoms with Gasteiger partial charge in [-0.1, -0.05) is 0 Å². The molecule has 1 amide bonds. The van der Waals surface area contributed by atoms with Crippen LogP contribution >= 0.6 is 0 Å². The molecule has 1 aromatic carbocycles. The number of hydrogen-bond acceptors (Lipinski definition) is 6. The van der Waals surface area contributed by atoms with Gasteiger partial charge in [0.1, 0.15) is 17.6 Å². The highest BCUT2D eigenvalue weighted by Gasteiger charge is 2.31. The molecule has 31 heavy (non-hydrogen) atoms. The molecule has 7 heteroatoms. The molecule has 174 valence electrons. The third-order valence-corrected chi connectivity index (χ3v) is 6.17. The topological polar surface area (TPSA) is 69.3 Å². The van der Waals surface area contributed by atoms with E-state index in [4.69, 9.17) is 18.9 Å². The number of nitrogens with one attached hydrogen (secondary N) is 1. The van der Waals surface area contributed by atoms with E-state index in [-0.39, 0.29) is 17.6 Å². The lowest BCUT2D eigenvalue weighted by Crippen LogP contribution is -2.44. The first-order chi connectivity index (χ1) is 14.9. The van der Waals surface area contributed by atoms with E-state index in [9.17, 15) is 4.79 Å². The first-order valence-corrected chi connectivity index (χ1v) is 11.4. The summed E-state index contributed by atoms with van der Waals surface area (Å²) in [7, 11) is 3.23. The first kappa shape index (κ1) is 23.8. The third kappa shape index (κ3) is 7.09. The second-order valence-corrected chi connectivity index (χ2v) is 9.20. The lowest BCUT2D eigenvalue weighted by molar-refractivity contribution is -0.0782. The maximum Gasteiger partial charge on any atom is 0.255 e. The van der Waals surface area contributed by atoms with Crippen LogP contribution in [0, 0.1) is 5.92 Å². The second kappa shape index (κ2) is 11.2. The average molecular weight is 435 g/mol. The maximum absolute atomic E-state index is 12.6. The van der Waals surface area contributed by atoms with Crippen molar-refractivity contribution in [1.82, 2.24) is 10.2 Å². The van der Waals surface area contributed by atoms with E-state index >= 15 is 0 Å². The van der Waals surface area contributed by atoms with Gasteiger partial charge >= 0.3 is 0 Å². The highest BCUT2D eigenvalue weighted by molar-refractivity contribution is 5.97. The number of amides is 1. The molecule has 0 aliphatic carbocycles. The van der Waals surface area contributed by atoms with Crippen LogP contribution in [0.1, 0.15) is 49.9 Å². The fourth-order valence-corrected chi connectivity index (χ4v) is 4.54. The minimum atomic E-state index is -0.158. The van der Waals surface area contributed by atoms with Crippen LogP contribution in [0.15, 0.2) is 18.2 Å². The Balaban J connectivity index is 1.55. The Kier molecular flexibility index (Phi) is 8.58. The molecule has 1 aromatic rings. The van der Waals surface area contributed by atoms with E-state index in [1.807, 2.05) is 6.07 Å². The molecule has 2 heterocycles. The third-order valence-electron chi connectivity index (χ3n) is 6.17. The fourth-order valence-electron chi connectivity index (χ4n) is 4.54. The minimum absolute atomic E-state index is 0.00303. The van der Waals surface area contributed by atoms with Crippen LogP contribution in [-0.4, -0.2) is 76.1 Å². The van der Waals surface area contributed by atoms with Crippen LogP contribution in [0.5, 0.6) is 11.5 Å². The lowest BCUT2D eigenvalue weighted by atomic mass is 9.87. The van der Waals surface area contributed by atoms with Crippen LogP contribution in [0.4, 0.5) is 0 Å². The normalized spacial score (nSPS) is 22.1. The first-order valence-electron chi connectivity index (χ1n) is 11.4. The molecule has 0 saturated carbocycles. The van der Waals surface area contributed by atoms with Gasteiger partial charge in [0.2, 0.25) is 0 Å². The summed E-state index contributed by atoms with van der Waals surface area (Å²) in [6, 6.07) is 5.36. The van der Waals surface area contributed by atoms with Crippen molar-refractivity contribution in [3.8, 4) is 11.5 Å². The van der Waals surface area contributed by atoms with Gasteiger partial charge in [-0.25, -0.2) is 0 Å². The van der Waals surface area contributed by atoms with Crippen molar-refractivity contribution in [2.24, 2.45) is 5.92 Å². The molecule has 2 aliphatic heterocycles. The fraction of sp³-hybridized carbons (Fsp3) is 0.708. The smallest absolute Gasteiger partial charge is 0.255 e. The van der Waals surface area contributed by atoms with E-state index in [1.54, 1.807) is 26.4 Å². The van der Waals surface area contributed by atoms with Gasteiger partial charge in [-0.3, -0.25) is 4.79 Å². The van der Waals surface area contributed by atoms with Gasteiger partial charge in [-0.2, -0.15) is 0 Å². The van der Waals surface area contributed by atoms with E-state index in [0.717, 1.165) is 51.9 Å². The number of nitrogens with zero attached hydrogens (tertiary/aromatic N) is 1. The molecule has 0 radical (unpaired) electrons. The van der Waals surface area contributed by atoms with Gasteiger partial charge in [-0.05, 0) is 57.6 Å². The van der Waals surface area contributed by atoms with Crippen LogP contribution < -0.4 is 14.8 Å². The van der Waals surface area contributed by atoms with Gasteiger partial charge in [0.15, 0.2) is 0 Å². The summed E-state index contributed by atoms with van der Waals surface area (Å²) in [6.07, 6.45) is 4.27. The summed E-state index contributed by atoms with van der Waals surface area (Å²) in [5.41, 5.74) is 0.528. The summed E-state index contributed by atoms with van der Waals surface area (Å²) in [5, 5.41) is 2.87. The summed E-state index contributed by atoms with van der Waals surface area (Å²) in [4.78, 5) is 15.2. The van der Waals surface area contributed by atoms with Crippen molar-refractivity contribution in [1.29, 1.82) is 0 Å². The van der Waals surface area contributed by atoms with Crippen LogP contribution in [0.3, 0.4) is 0 Å². The Morgan fingerprint density at radius 1 is 1.23 bits per heavy atom. The summed E-state index contributed by atoms with van der Waals surface area (Å²) >= 11 is 0. The molecule has 1 unspecified atom stereocenters. The molecule has 2 aliphatic rings. The number of piperidine rings is 1. The maximum atomic E-state index is 12.6. The largest absolute Gasteiger partial charge is 0.497 e. The lowest BCUT2D eigenvalue weighted by Gasteiger charge is -2.39. The number of rotatable bonds is 9. The number of hydrogen-bond donors (Lipinski definition) is 1. The molecule has 2 fully saturated rings. The monoisotopic (exact) mass is 434 g/mol. The second-order valence-electron chi connectivity index (χ2n) is 9.20. The molecule has 3 rings (SSSR count). The van der Waals surface area contributed by atoms with Crippen molar-refractivity contribution in [3.63, 3.8) is 0 Å². The SMILES string of the molecule is COCCNC(=O)c1ccc(OC)cc1OC1CCN(CC2CCOC(C)(C)C2)CC1. The molecule has 2 saturated heterocycles. The van der Waals surface area contributed by atoms with E-state index < -0.39 is 0 Å². The molecule has 7 nitrogen and oxygen atoms in total. The van der Waals surface area contributed by atoms with E-state index in [1.165, 1.54) is 0 Å². The molecule has 1 N–H and O–H groups in total. The van der Waals surface area contributed by atoms with Crippen LogP contribution in [0.25, 0.3) is 0 Å². The number of ether oxygens (including phenoxy) is 4. The number of likely N-dealkylation sites (tertiary alicyclic amines) is 1. The van der Waals surface area contributed by atoms with Gasteiger partial charge in [0.25, 0.3) is 5.91 Å². The highest BCUT2D eigenvalue weighted by atomic mass is 16.5. The average Bonchev–Trinajstić information content (AvgIpc) is 2.74. The Morgan fingerprint density at radius 2 is 2.00 bits per heavy atom. The summed E-state index contributed by atoms with van der Waals surface area (Å²) < 4.78 is 22.5. The van der Waals surface area contributed by atoms with Crippen LogP contribution in [-0.2, 0) is 9.47 Å². The molecule has 0 aromatic heterocycles. The quantitative estimate of drug-likeness (QED) is 0.603. The number of benzene rings is 1.